The van der Waals surface area contributed by atoms with Crippen LogP contribution in [0.25, 0.3) is 0 Å². The van der Waals surface area contributed by atoms with Gasteiger partial charge < -0.3 is 4.55 Å². The molecular formula is C21H21NOS. The second-order valence-corrected chi connectivity index (χ2v) is 7.15. The molecule has 0 aliphatic carbocycles. The molecule has 0 amide bonds. The first-order chi connectivity index (χ1) is 11.8. The molecule has 1 unspecified atom stereocenters. The molecule has 24 heavy (non-hydrogen) atoms. The smallest absolute Gasteiger partial charge is 0.174 e. The standard InChI is InChI=1S/C21H21NOS/c1-18(20-13-7-3-8-14-20)22(17-19-11-5-2-6-12-19)24(23)21-15-9-4-10-16-21/h2-16,18H,17H2,1H3/t18-,24?/m0/s1. The number of rotatable bonds is 6. The first-order valence-electron chi connectivity index (χ1n) is 8.08. The van der Waals surface area contributed by atoms with Crippen molar-refractivity contribution in [1.29, 1.82) is 0 Å². The summed E-state index contributed by atoms with van der Waals surface area (Å²) in [4.78, 5) is 0.830. The lowest BCUT2D eigenvalue weighted by Crippen LogP contribution is -2.33. The average molecular weight is 335 g/mol. The summed E-state index contributed by atoms with van der Waals surface area (Å²) in [6, 6.07) is 30.1. The first kappa shape index (κ1) is 16.8. The maximum atomic E-state index is 13.2. The van der Waals surface area contributed by atoms with Crippen LogP contribution in [0.2, 0.25) is 0 Å². The molecule has 2 nitrogen and oxygen atoms in total. The molecule has 3 aromatic rings. The summed E-state index contributed by atoms with van der Waals surface area (Å²) in [5.74, 6) is 0. The van der Waals surface area contributed by atoms with Gasteiger partial charge in [0.05, 0.1) is 23.9 Å². The van der Waals surface area contributed by atoms with Crippen LogP contribution in [0.15, 0.2) is 95.9 Å². The Balaban J connectivity index is 1.91. The molecule has 2 atom stereocenters. The third-order valence-corrected chi connectivity index (χ3v) is 5.60. The number of nitrogens with zero attached hydrogens (tertiary/aromatic N) is 1. The third kappa shape index (κ3) is 4.06. The Hall–Kier alpha value is -2.07. The van der Waals surface area contributed by atoms with Crippen molar-refractivity contribution in [3.05, 3.63) is 102 Å². The number of benzene rings is 3. The second-order valence-electron chi connectivity index (χ2n) is 5.71. The minimum atomic E-state index is -1.22. The van der Waals surface area contributed by atoms with E-state index >= 15 is 0 Å². The Bertz CT molecular complexity index is 688. The van der Waals surface area contributed by atoms with Crippen LogP contribution in [-0.4, -0.2) is 8.86 Å². The van der Waals surface area contributed by atoms with Crippen molar-refractivity contribution in [2.24, 2.45) is 0 Å². The van der Waals surface area contributed by atoms with Crippen molar-refractivity contribution in [3.8, 4) is 0 Å². The molecule has 3 aromatic carbocycles. The van der Waals surface area contributed by atoms with Crippen LogP contribution in [0.3, 0.4) is 0 Å². The molecule has 3 heteroatoms. The summed E-state index contributed by atoms with van der Waals surface area (Å²) in [7, 11) is 0. The fourth-order valence-corrected chi connectivity index (χ4v) is 4.01. The zero-order valence-electron chi connectivity index (χ0n) is 13.7. The van der Waals surface area contributed by atoms with E-state index in [1.54, 1.807) is 0 Å². The lowest BCUT2D eigenvalue weighted by atomic mass is 10.1. The van der Waals surface area contributed by atoms with Gasteiger partial charge in [0.25, 0.3) is 0 Å². The van der Waals surface area contributed by atoms with E-state index in [-0.39, 0.29) is 6.04 Å². The van der Waals surface area contributed by atoms with Gasteiger partial charge in [-0.2, -0.15) is 0 Å². The van der Waals surface area contributed by atoms with E-state index in [0.29, 0.717) is 6.54 Å². The predicted molar refractivity (Wildman–Crippen MR) is 99.7 cm³/mol. The van der Waals surface area contributed by atoms with E-state index in [2.05, 4.69) is 31.2 Å². The quantitative estimate of drug-likeness (QED) is 0.594. The second kappa shape index (κ2) is 8.15. The molecule has 0 aromatic heterocycles. The minimum Gasteiger partial charge on any atom is -0.593 e. The van der Waals surface area contributed by atoms with Gasteiger partial charge in [-0.3, -0.25) is 0 Å². The molecule has 0 aliphatic heterocycles. The molecule has 122 valence electrons. The summed E-state index contributed by atoms with van der Waals surface area (Å²) < 4.78 is 15.2. The van der Waals surface area contributed by atoms with Crippen LogP contribution in [-0.2, 0) is 17.9 Å². The maximum Gasteiger partial charge on any atom is 0.174 e. The zero-order chi connectivity index (χ0) is 16.8. The van der Waals surface area contributed by atoms with Gasteiger partial charge in [-0.1, -0.05) is 78.9 Å². The van der Waals surface area contributed by atoms with Gasteiger partial charge in [-0.25, -0.2) is 0 Å². The Labute approximate surface area is 147 Å². The summed E-state index contributed by atoms with van der Waals surface area (Å²) in [5, 5.41) is 0. The van der Waals surface area contributed by atoms with Crippen molar-refractivity contribution < 1.29 is 4.55 Å². The van der Waals surface area contributed by atoms with Crippen LogP contribution in [0, 0.1) is 0 Å². The molecule has 3 rings (SSSR count). The fraction of sp³-hybridized carbons (Fsp3) is 0.143. The van der Waals surface area contributed by atoms with Crippen molar-refractivity contribution in [2.75, 3.05) is 0 Å². The van der Waals surface area contributed by atoms with Gasteiger partial charge in [0.15, 0.2) is 4.90 Å². The molecule has 0 heterocycles. The van der Waals surface area contributed by atoms with Crippen LogP contribution in [0.4, 0.5) is 0 Å². The molecule has 0 saturated heterocycles. The van der Waals surface area contributed by atoms with Crippen molar-refractivity contribution in [3.63, 3.8) is 0 Å². The summed E-state index contributed by atoms with van der Waals surface area (Å²) >= 11 is -1.22. The molecular weight excluding hydrogens is 314 g/mol. The Kier molecular flexibility index (Phi) is 5.70. The van der Waals surface area contributed by atoms with Gasteiger partial charge in [0.2, 0.25) is 0 Å². The van der Waals surface area contributed by atoms with Crippen molar-refractivity contribution in [1.82, 2.24) is 4.31 Å². The highest BCUT2D eigenvalue weighted by Gasteiger charge is 2.29. The summed E-state index contributed by atoms with van der Waals surface area (Å²) in [6.45, 7) is 2.75. The van der Waals surface area contributed by atoms with Gasteiger partial charge in [0.1, 0.15) is 0 Å². The zero-order valence-corrected chi connectivity index (χ0v) is 14.5. The molecule has 0 bridgehead atoms. The van der Waals surface area contributed by atoms with Gasteiger partial charge in [0, 0.05) is 0 Å². The van der Waals surface area contributed by atoms with Crippen LogP contribution < -0.4 is 0 Å². The van der Waals surface area contributed by atoms with Crippen molar-refractivity contribution >= 4 is 11.4 Å². The number of hydrogen-bond acceptors (Lipinski definition) is 2. The average Bonchev–Trinajstić information content (AvgIpc) is 2.67. The van der Waals surface area contributed by atoms with Gasteiger partial charge in [-0.05, 0) is 30.2 Å². The fourth-order valence-electron chi connectivity index (χ4n) is 2.67. The van der Waals surface area contributed by atoms with Gasteiger partial charge in [-0.15, -0.1) is 4.31 Å². The lowest BCUT2D eigenvalue weighted by molar-refractivity contribution is 0.336. The van der Waals surface area contributed by atoms with E-state index < -0.39 is 11.4 Å². The largest absolute Gasteiger partial charge is 0.593 e. The lowest BCUT2D eigenvalue weighted by Gasteiger charge is -2.29. The normalized spacial score (nSPS) is 13.6. The first-order valence-corrected chi connectivity index (χ1v) is 9.19. The molecule has 0 N–H and O–H groups in total. The van der Waals surface area contributed by atoms with E-state index in [1.165, 1.54) is 0 Å². The molecule has 0 radical (unpaired) electrons. The predicted octanol–water partition coefficient (Wildman–Crippen LogP) is 4.97. The highest BCUT2D eigenvalue weighted by Crippen LogP contribution is 2.29. The molecule has 0 spiro atoms. The third-order valence-electron chi connectivity index (χ3n) is 4.05. The van der Waals surface area contributed by atoms with Crippen LogP contribution >= 0.6 is 0 Å². The van der Waals surface area contributed by atoms with Crippen molar-refractivity contribution in [2.45, 2.75) is 24.4 Å². The minimum absolute atomic E-state index is 0.0486. The SMILES string of the molecule is C[C@@H](c1ccccc1)N(Cc1ccccc1)[S+]([O-])c1ccccc1. The van der Waals surface area contributed by atoms with E-state index in [0.717, 1.165) is 16.0 Å². The molecule has 0 aliphatic rings. The Morgan fingerprint density at radius 2 is 1.29 bits per heavy atom. The van der Waals surface area contributed by atoms with Crippen LogP contribution in [0.5, 0.6) is 0 Å². The number of hydrogen-bond donors (Lipinski definition) is 0. The maximum absolute atomic E-state index is 13.2. The highest BCUT2D eigenvalue weighted by molar-refractivity contribution is 7.89. The van der Waals surface area contributed by atoms with Crippen LogP contribution in [0.1, 0.15) is 24.1 Å². The van der Waals surface area contributed by atoms with E-state index in [1.807, 2.05) is 71.0 Å². The monoisotopic (exact) mass is 335 g/mol. The molecule has 0 saturated carbocycles. The Morgan fingerprint density at radius 1 is 0.792 bits per heavy atom. The summed E-state index contributed by atoms with van der Waals surface area (Å²) in [6.07, 6.45) is 0. The summed E-state index contributed by atoms with van der Waals surface area (Å²) in [5.41, 5.74) is 2.32. The van der Waals surface area contributed by atoms with E-state index in [4.69, 9.17) is 0 Å². The van der Waals surface area contributed by atoms with Gasteiger partial charge >= 0.3 is 0 Å². The topological polar surface area (TPSA) is 26.3 Å². The Morgan fingerprint density at radius 3 is 1.88 bits per heavy atom. The highest BCUT2D eigenvalue weighted by atomic mass is 32.2. The molecule has 0 fully saturated rings. The van der Waals surface area contributed by atoms with E-state index in [9.17, 15) is 4.55 Å².